The molecular weight excluding hydrogens is 831 g/mol. The number of nitrogens with zero attached hydrogens (tertiary/aromatic N) is 7. The predicted molar refractivity (Wildman–Crippen MR) is 255 cm³/mol. The van der Waals surface area contributed by atoms with Gasteiger partial charge in [-0.1, -0.05) is 50.2 Å². The summed E-state index contributed by atoms with van der Waals surface area (Å²) in [5, 5.41) is 15.7. The van der Waals surface area contributed by atoms with Gasteiger partial charge in [0, 0.05) is 87.6 Å². The van der Waals surface area contributed by atoms with E-state index in [1.165, 1.54) is 5.56 Å². The summed E-state index contributed by atoms with van der Waals surface area (Å²) in [6.45, 7) is 13.2. The number of pyridine rings is 1. The minimum atomic E-state index is -0.221. The van der Waals surface area contributed by atoms with Crippen LogP contribution in [0.2, 0.25) is 0 Å². The highest BCUT2D eigenvalue weighted by molar-refractivity contribution is 6.07. The summed E-state index contributed by atoms with van der Waals surface area (Å²) in [4.78, 5) is 50.2. The van der Waals surface area contributed by atoms with Crippen LogP contribution >= 0.6 is 0 Å². The zero-order valence-corrected chi connectivity index (χ0v) is 38.2. The predicted octanol–water partition coefficient (Wildman–Crippen LogP) is 7.13. The number of amides is 2. The molecule has 66 heavy (non-hydrogen) atoms. The normalized spacial score (nSPS) is 16.5. The molecule has 1 atom stereocenters. The van der Waals surface area contributed by atoms with Gasteiger partial charge in [-0.15, -0.1) is 0 Å². The summed E-state index contributed by atoms with van der Waals surface area (Å²) in [5.41, 5.74) is 9.71. The Kier molecular flexibility index (Phi) is 11.7. The van der Waals surface area contributed by atoms with Gasteiger partial charge in [0.2, 0.25) is 5.91 Å². The number of ether oxygens (including phenoxy) is 2. The molecule has 0 saturated carbocycles. The van der Waals surface area contributed by atoms with Crippen molar-refractivity contribution < 1.29 is 24.2 Å². The van der Waals surface area contributed by atoms with E-state index in [4.69, 9.17) is 14.6 Å². The van der Waals surface area contributed by atoms with Gasteiger partial charge in [0.1, 0.15) is 23.6 Å². The average molecular weight is 888 g/mol. The summed E-state index contributed by atoms with van der Waals surface area (Å²) in [5.74, 6) is 1.14. The molecule has 1 fully saturated rings. The number of aromatic nitrogens is 4. The van der Waals surface area contributed by atoms with Crippen molar-refractivity contribution in [3.05, 3.63) is 141 Å². The van der Waals surface area contributed by atoms with Gasteiger partial charge in [-0.25, -0.2) is 0 Å². The number of carbonyl (C=O) groups excluding carboxylic acids is 2. The standard InChI is InChI=1S/C53H57N7O6/c1-34(2)30-58-33-48-50(54-58)51-46(53(64)60(48)41-11-13-42(61)14-12-41)29-47(55(51)4)44-27-38-17-18-57(49(62)26-36-9-15-43(16-10-36)66-24-21-56-19-22-65-23-20-56)31-40(38)28-45(44)52(63)59-32-39-8-6-5-7-37(39)25-35(59)3/h5-16,27-29,33-35,61H,17-26,30-32H2,1-4H3. The van der Waals surface area contributed by atoms with Crippen LogP contribution < -0.4 is 10.3 Å². The van der Waals surface area contributed by atoms with Crippen molar-refractivity contribution in [2.24, 2.45) is 13.0 Å². The van der Waals surface area contributed by atoms with Crippen molar-refractivity contribution in [3.8, 4) is 28.4 Å². The molecule has 3 aliphatic heterocycles. The Bertz CT molecular complexity index is 3010. The van der Waals surface area contributed by atoms with E-state index in [2.05, 4.69) is 49.9 Å². The Hall–Kier alpha value is -6.70. The lowest BCUT2D eigenvalue weighted by molar-refractivity contribution is -0.131. The van der Waals surface area contributed by atoms with Crippen LogP contribution in [0.5, 0.6) is 11.5 Å². The Morgan fingerprint density at radius 2 is 1.65 bits per heavy atom. The van der Waals surface area contributed by atoms with E-state index in [-0.39, 0.29) is 35.6 Å². The summed E-state index contributed by atoms with van der Waals surface area (Å²) >= 11 is 0. The molecule has 13 nitrogen and oxygen atoms in total. The fourth-order valence-corrected chi connectivity index (χ4v) is 10.0. The topological polar surface area (TPSA) is 127 Å². The second-order valence-electron chi connectivity index (χ2n) is 18.6. The number of phenols is 1. The van der Waals surface area contributed by atoms with E-state index in [0.29, 0.717) is 78.3 Å². The number of morpholine rings is 1. The first-order valence-electron chi connectivity index (χ1n) is 23.2. The molecule has 340 valence electrons. The van der Waals surface area contributed by atoms with Crippen LogP contribution in [-0.2, 0) is 55.5 Å². The minimum absolute atomic E-state index is 0.0272. The number of hydrogen-bond acceptors (Lipinski definition) is 8. The first-order chi connectivity index (χ1) is 32.0. The van der Waals surface area contributed by atoms with E-state index in [1.54, 1.807) is 28.8 Å². The van der Waals surface area contributed by atoms with Gasteiger partial charge in [0.15, 0.2) is 0 Å². The van der Waals surface area contributed by atoms with Gasteiger partial charge in [-0.2, -0.15) is 5.10 Å². The smallest absolute Gasteiger partial charge is 0.265 e. The van der Waals surface area contributed by atoms with Gasteiger partial charge in [0.05, 0.1) is 36.1 Å². The molecule has 0 bridgehead atoms. The highest BCUT2D eigenvalue weighted by Crippen LogP contribution is 2.37. The van der Waals surface area contributed by atoms with Gasteiger partial charge in [0.25, 0.3) is 11.5 Å². The largest absolute Gasteiger partial charge is 0.508 e. The SMILES string of the molecule is CC(C)Cn1cc2c(n1)c1c(cc(-c3cc4c(cc3C(=O)N3Cc5ccccc5CC3C)CN(C(=O)Cc3ccc(OCCN5CCOCC5)cc3)CC4)n1C)c(=O)n2-c1ccc(O)cc1. The fraction of sp³-hybridized carbons (Fsp3) is 0.358. The molecule has 3 aliphatic rings. The van der Waals surface area contributed by atoms with Crippen LogP contribution in [0, 0.1) is 5.92 Å². The van der Waals surface area contributed by atoms with Crippen LogP contribution in [0.3, 0.4) is 0 Å². The third-order valence-electron chi connectivity index (χ3n) is 13.6. The molecule has 0 radical (unpaired) electrons. The molecule has 0 aliphatic carbocycles. The van der Waals surface area contributed by atoms with E-state index < -0.39 is 0 Å². The van der Waals surface area contributed by atoms with E-state index in [1.807, 2.05) is 74.8 Å². The number of fused-ring (bicyclic) bond motifs is 5. The maximum atomic E-state index is 15.2. The molecule has 1 saturated heterocycles. The zero-order chi connectivity index (χ0) is 45.6. The first kappa shape index (κ1) is 43.2. The average Bonchev–Trinajstić information content (AvgIpc) is 3.89. The Labute approximate surface area is 384 Å². The van der Waals surface area contributed by atoms with Crippen LogP contribution in [0.1, 0.15) is 58.9 Å². The number of rotatable bonds is 11. The molecule has 1 unspecified atom stereocenters. The summed E-state index contributed by atoms with van der Waals surface area (Å²) in [6, 6.07) is 28.7. The lowest BCUT2D eigenvalue weighted by atomic mass is 9.89. The van der Waals surface area contributed by atoms with Crippen LogP contribution in [0.15, 0.2) is 102 Å². The Balaban J connectivity index is 1.00. The van der Waals surface area contributed by atoms with Crippen molar-refractivity contribution in [3.63, 3.8) is 0 Å². The number of hydrogen-bond donors (Lipinski definition) is 1. The third kappa shape index (κ3) is 8.37. The fourth-order valence-electron chi connectivity index (χ4n) is 10.0. The third-order valence-corrected chi connectivity index (χ3v) is 13.6. The van der Waals surface area contributed by atoms with Crippen LogP contribution in [0.25, 0.3) is 38.9 Å². The maximum Gasteiger partial charge on any atom is 0.265 e. The molecule has 3 aromatic heterocycles. The molecule has 4 aromatic carbocycles. The van der Waals surface area contributed by atoms with Crippen molar-refractivity contribution in [2.75, 3.05) is 46.0 Å². The monoisotopic (exact) mass is 887 g/mol. The maximum absolute atomic E-state index is 15.2. The summed E-state index contributed by atoms with van der Waals surface area (Å²) < 4.78 is 17.0. The molecule has 10 rings (SSSR count). The second kappa shape index (κ2) is 17.9. The molecule has 0 spiro atoms. The molecule has 13 heteroatoms. The van der Waals surface area contributed by atoms with Crippen molar-refractivity contribution >= 4 is 33.8 Å². The quantitative estimate of drug-likeness (QED) is 0.146. The first-order valence-corrected chi connectivity index (χ1v) is 23.2. The second-order valence-corrected chi connectivity index (χ2v) is 18.6. The van der Waals surface area contributed by atoms with Gasteiger partial charge in [-0.3, -0.25) is 28.5 Å². The lowest BCUT2D eigenvalue weighted by Gasteiger charge is -2.36. The van der Waals surface area contributed by atoms with Crippen molar-refractivity contribution in [1.29, 1.82) is 0 Å². The van der Waals surface area contributed by atoms with Crippen molar-refractivity contribution in [1.82, 2.24) is 33.6 Å². The summed E-state index contributed by atoms with van der Waals surface area (Å²) in [7, 11) is 1.95. The number of carbonyl (C=O) groups is 2. The Morgan fingerprint density at radius 3 is 2.41 bits per heavy atom. The summed E-state index contributed by atoms with van der Waals surface area (Å²) in [6.07, 6.45) is 3.54. The van der Waals surface area contributed by atoms with Crippen LogP contribution in [0.4, 0.5) is 0 Å². The molecule has 1 N–H and O–H groups in total. The number of aryl methyl sites for hydroxylation is 1. The van der Waals surface area contributed by atoms with Crippen LogP contribution in [-0.4, -0.2) is 103 Å². The molecule has 2 amide bonds. The number of phenolic OH excluding ortho intramolecular Hbond substituents is 1. The van der Waals surface area contributed by atoms with E-state index >= 15 is 4.79 Å². The Morgan fingerprint density at radius 1 is 0.894 bits per heavy atom. The number of benzene rings is 4. The highest BCUT2D eigenvalue weighted by atomic mass is 16.5. The number of aromatic hydroxyl groups is 1. The highest BCUT2D eigenvalue weighted by Gasteiger charge is 2.32. The molecule has 7 aromatic rings. The van der Waals surface area contributed by atoms with E-state index in [0.717, 1.165) is 78.5 Å². The minimum Gasteiger partial charge on any atom is -0.508 e. The lowest BCUT2D eigenvalue weighted by Crippen LogP contribution is -2.43. The zero-order valence-electron chi connectivity index (χ0n) is 38.2. The van der Waals surface area contributed by atoms with Gasteiger partial charge >= 0.3 is 0 Å². The molecular formula is C53H57N7O6. The van der Waals surface area contributed by atoms with E-state index in [9.17, 15) is 14.7 Å². The molecule has 6 heterocycles. The van der Waals surface area contributed by atoms with Crippen molar-refractivity contribution in [2.45, 2.75) is 65.7 Å². The van der Waals surface area contributed by atoms with Gasteiger partial charge in [-0.05, 0) is 108 Å². The van der Waals surface area contributed by atoms with Gasteiger partial charge < -0.3 is 28.9 Å².